The zero-order chi connectivity index (χ0) is 19.0. The quantitative estimate of drug-likeness (QED) is 0.539. The third kappa shape index (κ3) is 8.47. The lowest BCUT2D eigenvalue weighted by Gasteiger charge is -2.05. The highest BCUT2D eigenvalue weighted by atomic mass is 16.1. The molecule has 132 valence electrons. The number of aryl methyl sites for hydroxylation is 1. The van der Waals surface area contributed by atoms with Gasteiger partial charge in [-0.3, -0.25) is 4.79 Å². The second-order valence-electron chi connectivity index (χ2n) is 4.68. The molecule has 0 saturated heterocycles. The lowest BCUT2D eigenvalue weighted by Crippen LogP contribution is -2.01. The molecule has 0 unspecified atom stereocenters. The summed E-state index contributed by atoms with van der Waals surface area (Å²) < 4.78 is 0. The Morgan fingerprint density at radius 2 is 1.42 bits per heavy atom. The number of benzene rings is 2. The maximum absolute atomic E-state index is 12.2. The summed E-state index contributed by atoms with van der Waals surface area (Å²) in [4.78, 5) is 12.2. The van der Waals surface area contributed by atoms with Crippen LogP contribution in [-0.4, -0.2) is 5.78 Å². The molecular formula is C23H34O. The molecule has 0 spiro atoms. The molecule has 0 amide bonds. The Morgan fingerprint density at radius 3 is 1.88 bits per heavy atom. The smallest absolute Gasteiger partial charge is 0.193 e. The van der Waals surface area contributed by atoms with E-state index in [9.17, 15) is 4.79 Å². The van der Waals surface area contributed by atoms with Crippen LogP contribution in [0.25, 0.3) is 6.08 Å². The van der Waals surface area contributed by atoms with Crippen molar-refractivity contribution in [3.8, 4) is 0 Å². The van der Waals surface area contributed by atoms with E-state index in [2.05, 4.69) is 20.4 Å². The Morgan fingerprint density at radius 1 is 0.917 bits per heavy atom. The van der Waals surface area contributed by atoms with Crippen LogP contribution in [0.15, 0.2) is 55.1 Å². The van der Waals surface area contributed by atoms with Gasteiger partial charge >= 0.3 is 0 Å². The van der Waals surface area contributed by atoms with E-state index < -0.39 is 0 Å². The molecular weight excluding hydrogens is 292 g/mol. The predicted molar refractivity (Wildman–Crippen MR) is 110 cm³/mol. The number of hydrogen-bond donors (Lipinski definition) is 0. The molecule has 0 aliphatic heterocycles. The highest BCUT2D eigenvalue weighted by Gasteiger charge is 2.09. The van der Waals surface area contributed by atoms with Crippen LogP contribution in [0, 0.1) is 6.92 Å². The zero-order valence-corrected chi connectivity index (χ0v) is 16.5. The topological polar surface area (TPSA) is 17.1 Å². The highest BCUT2D eigenvalue weighted by Crippen LogP contribution is 2.15. The summed E-state index contributed by atoms with van der Waals surface area (Å²) in [6.45, 7) is 18.0. The molecule has 0 aliphatic carbocycles. The van der Waals surface area contributed by atoms with Crippen molar-refractivity contribution in [2.45, 2.75) is 54.9 Å². The molecule has 0 bridgehead atoms. The van der Waals surface area contributed by atoms with Crippen LogP contribution < -0.4 is 0 Å². The van der Waals surface area contributed by atoms with E-state index in [4.69, 9.17) is 0 Å². The highest BCUT2D eigenvalue weighted by molar-refractivity contribution is 6.09. The van der Waals surface area contributed by atoms with Crippen LogP contribution in [0.1, 0.15) is 75.0 Å². The van der Waals surface area contributed by atoms with Crippen molar-refractivity contribution in [1.82, 2.24) is 0 Å². The fraction of sp³-hybridized carbons (Fsp3) is 0.348. The van der Waals surface area contributed by atoms with Crippen LogP contribution in [0.3, 0.4) is 0 Å². The van der Waals surface area contributed by atoms with E-state index in [1.165, 1.54) is 6.42 Å². The van der Waals surface area contributed by atoms with E-state index in [1.807, 2.05) is 83.1 Å². The maximum atomic E-state index is 12.2. The van der Waals surface area contributed by atoms with Crippen molar-refractivity contribution < 1.29 is 4.79 Å². The zero-order valence-electron chi connectivity index (χ0n) is 16.5. The first kappa shape index (κ1) is 24.1. The van der Waals surface area contributed by atoms with Crippen molar-refractivity contribution in [3.63, 3.8) is 0 Å². The van der Waals surface area contributed by atoms with Crippen LogP contribution >= 0.6 is 0 Å². The van der Waals surface area contributed by atoms with E-state index in [1.54, 1.807) is 6.08 Å². The van der Waals surface area contributed by atoms with Gasteiger partial charge in [-0.1, -0.05) is 103 Å². The standard InChI is InChI=1S/C16H14O.C3H8.2C2H6/c1-3-13-11-15(10-9-12(13)2)16(17)14-7-5-4-6-8-14;1-3-2;2*1-2/h3-11H,1H2,2H3;3H2,1-2H3;2*1-2H3. The lowest BCUT2D eigenvalue weighted by molar-refractivity contribution is 0.103. The van der Waals surface area contributed by atoms with Crippen LogP contribution in [0.2, 0.25) is 0 Å². The molecule has 0 heterocycles. The molecule has 0 saturated carbocycles. The number of rotatable bonds is 3. The summed E-state index contributed by atoms with van der Waals surface area (Å²) in [6, 6.07) is 15.0. The summed E-state index contributed by atoms with van der Waals surface area (Å²) in [5, 5.41) is 0. The monoisotopic (exact) mass is 326 g/mol. The van der Waals surface area contributed by atoms with Crippen molar-refractivity contribution in [2.75, 3.05) is 0 Å². The van der Waals surface area contributed by atoms with Gasteiger partial charge in [-0.05, 0) is 24.1 Å². The predicted octanol–water partition coefficient (Wildman–Crippen LogP) is 7.34. The Bertz CT molecular complexity index is 568. The van der Waals surface area contributed by atoms with Gasteiger partial charge in [0.25, 0.3) is 0 Å². The fourth-order valence-corrected chi connectivity index (χ4v) is 1.76. The second kappa shape index (κ2) is 15.7. The number of ketones is 1. The van der Waals surface area contributed by atoms with Gasteiger partial charge in [-0.25, -0.2) is 0 Å². The molecule has 0 N–H and O–H groups in total. The van der Waals surface area contributed by atoms with E-state index >= 15 is 0 Å². The molecule has 0 aromatic heterocycles. The molecule has 0 aliphatic rings. The number of hydrogen-bond acceptors (Lipinski definition) is 1. The molecule has 2 aromatic carbocycles. The van der Waals surface area contributed by atoms with E-state index in [-0.39, 0.29) is 5.78 Å². The van der Waals surface area contributed by atoms with Crippen molar-refractivity contribution in [2.24, 2.45) is 0 Å². The Kier molecular flexibility index (Phi) is 15.8. The molecule has 0 atom stereocenters. The number of carbonyl (C=O) groups is 1. The van der Waals surface area contributed by atoms with Gasteiger partial charge in [0.1, 0.15) is 0 Å². The molecule has 2 aromatic rings. The summed E-state index contributed by atoms with van der Waals surface area (Å²) in [5.74, 6) is 0.0497. The number of carbonyl (C=O) groups excluding carboxylic acids is 1. The minimum Gasteiger partial charge on any atom is -0.289 e. The normalized spacial score (nSPS) is 8.29. The van der Waals surface area contributed by atoms with E-state index in [0.717, 1.165) is 11.1 Å². The average Bonchev–Trinajstić information content (AvgIpc) is 2.66. The first-order valence-corrected chi connectivity index (χ1v) is 8.96. The van der Waals surface area contributed by atoms with Crippen molar-refractivity contribution in [1.29, 1.82) is 0 Å². The van der Waals surface area contributed by atoms with Crippen molar-refractivity contribution >= 4 is 11.9 Å². The summed E-state index contributed by atoms with van der Waals surface area (Å²) >= 11 is 0. The van der Waals surface area contributed by atoms with E-state index in [0.29, 0.717) is 11.1 Å². The summed E-state index contributed by atoms with van der Waals surface area (Å²) in [5.41, 5.74) is 3.56. The summed E-state index contributed by atoms with van der Waals surface area (Å²) in [6.07, 6.45) is 3.02. The molecule has 0 fully saturated rings. The fourth-order valence-electron chi connectivity index (χ4n) is 1.76. The van der Waals surface area contributed by atoms with Crippen LogP contribution in [0.5, 0.6) is 0 Å². The van der Waals surface area contributed by atoms with Gasteiger partial charge in [0.2, 0.25) is 0 Å². The Balaban J connectivity index is 0. The maximum Gasteiger partial charge on any atom is 0.193 e. The second-order valence-corrected chi connectivity index (χ2v) is 4.68. The molecule has 1 heteroatoms. The lowest BCUT2D eigenvalue weighted by atomic mass is 9.99. The minimum atomic E-state index is 0.0497. The molecule has 0 radical (unpaired) electrons. The van der Waals surface area contributed by atoms with Crippen LogP contribution in [-0.2, 0) is 0 Å². The van der Waals surface area contributed by atoms with Crippen LogP contribution in [0.4, 0.5) is 0 Å². The third-order valence-corrected chi connectivity index (χ3v) is 2.80. The molecule has 1 nitrogen and oxygen atoms in total. The SMILES string of the molecule is C=Cc1cc(C(=O)c2ccccc2)ccc1C.CC.CC.CCC. The first-order valence-electron chi connectivity index (χ1n) is 8.96. The van der Waals surface area contributed by atoms with Gasteiger partial charge in [0, 0.05) is 11.1 Å². The van der Waals surface area contributed by atoms with Gasteiger partial charge in [-0.15, -0.1) is 0 Å². The van der Waals surface area contributed by atoms with Crippen molar-refractivity contribution in [3.05, 3.63) is 77.4 Å². The average molecular weight is 327 g/mol. The first-order chi connectivity index (χ1) is 11.6. The van der Waals surface area contributed by atoms with Gasteiger partial charge < -0.3 is 0 Å². The Labute approximate surface area is 149 Å². The summed E-state index contributed by atoms with van der Waals surface area (Å²) in [7, 11) is 0. The third-order valence-electron chi connectivity index (χ3n) is 2.80. The minimum absolute atomic E-state index is 0.0497. The van der Waals surface area contributed by atoms with Gasteiger partial charge in [0.05, 0.1) is 0 Å². The van der Waals surface area contributed by atoms with Gasteiger partial charge in [0.15, 0.2) is 5.78 Å². The molecule has 24 heavy (non-hydrogen) atoms. The largest absolute Gasteiger partial charge is 0.289 e. The van der Waals surface area contributed by atoms with Gasteiger partial charge in [-0.2, -0.15) is 0 Å². The molecule has 2 rings (SSSR count). The Hall–Kier alpha value is -2.15.